The molecule has 0 bridgehead atoms. The van der Waals surface area contributed by atoms with E-state index in [9.17, 15) is 0 Å². The van der Waals surface area contributed by atoms with Crippen molar-refractivity contribution in [1.29, 1.82) is 0 Å². The van der Waals surface area contributed by atoms with E-state index in [0.717, 1.165) is 25.7 Å². The number of hydrogen-bond donors (Lipinski definition) is 1. The zero-order chi connectivity index (χ0) is 14.8. The van der Waals surface area contributed by atoms with Crippen molar-refractivity contribution in [3.8, 4) is 0 Å². The fourth-order valence-electron chi connectivity index (χ4n) is 3.23. The molecule has 1 heterocycles. The van der Waals surface area contributed by atoms with Crippen LogP contribution in [0, 0.1) is 0 Å². The van der Waals surface area contributed by atoms with Crippen LogP contribution < -0.4 is 10.2 Å². The van der Waals surface area contributed by atoms with E-state index in [1.54, 1.807) is 0 Å². The molecule has 0 spiro atoms. The van der Waals surface area contributed by atoms with Gasteiger partial charge < -0.3 is 15.1 Å². The molecule has 3 nitrogen and oxygen atoms in total. The van der Waals surface area contributed by atoms with E-state index in [1.165, 1.54) is 41.5 Å². The number of rotatable bonds is 4. The number of likely N-dealkylation sites (N-methyl/N-ethyl adjacent to an activating group) is 1. The Kier molecular flexibility index (Phi) is 4.87. The first-order valence-electron chi connectivity index (χ1n) is 8.10. The number of nitrogens with one attached hydrogen (secondary N) is 1. The molecule has 1 aliphatic heterocycles. The highest BCUT2D eigenvalue weighted by molar-refractivity contribution is 9.10. The number of hydrogen-bond acceptors (Lipinski definition) is 3. The molecule has 2 aliphatic rings. The summed E-state index contributed by atoms with van der Waals surface area (Å²) in [5.74, 6) is 0. The molecule has 116 valence electrons. The van der Waals surface area contributed by atoms with Crippen LogP contribution >= 0.6 is 15.9 Å². The first kappa shape index (κ1) is 15.3. The lowest BCUT2D eigenvalue weighted by Gasteiger charge is -2.32. The van der Waals surface area contributed by atoms with Crippen molar-refractivity contribution in [2.45, 2.75) is 44.8 Å². The predicted molar refractivity (Wildman–Crippen MR) is 92.9 cm³/mol. The Labute approximate surface area is 136 Å². The zero-order valence-electron chi connectivity index (χ0n) is 13.1. The minimum Gasteiger partial charge on any atom is -0.367 e. The van der Waals surface area contributed by atoms with Gasteiger partial charge in [-0.25, -0.2) is 0 Å². The number of nitrogens with zero attached hydrogens (tertiary/aromatic N) is 2. The van der Waals surface area contributed by atoms with Gasteiger partial charge in [0.2, 0.25) is 0 Å². The van der Waals surface area contributed by atoms with Crippen LogP contribution in [0.4, 0.5) is 5.69 Å². The second kappa shape index (κ2) is 6.67. The molecule has 1 N–H and O–H groups in total. The summed E-state index contributed by atoms with van der Waals surface area (Å²) >= 11 is 3.65. The van der Waals surface area contributed by atoms with Crippen LogP contribution in [0.3, 0.4) is 0 Å². The van der Waals surface area contributed by atoms with Crippen LogP contribution in [0.5, 0.6) is 0 Å². The van der Waals surface area contributed by atoms with Crippen LogP contribution in [0.1, 0.15) is 31.7 Å². The highest BCUT2D eigenvalue weighted by Crippen LogP contribution is 2.29. The van der Waals surface area contributed by atoms with E-state index in [1.807, 2.05) is 0 Å². The minimum atomic E-state index is 0.562. The normalized spacial score (nSPS) is 24.1. The first-order valence-corrected chi connectivity index (χ1v) is 8.90. The van der Waals surface area contributed by atoms with Crippen molar-refractivity contribution in [3.63, 3.8) is 0 Å². The summed E-state index contributed by atoms with van der Waals surface area (Å²) < 4.78 is 1.18. The SMILES string of the molecule is CC1CN(C)CCCN1c1cc(Br)ccc1CNC1CC1. The second-order valence-corrected chi connectivity index (χ2v) is 7.50. The third kappa shape index (κ3) is 3.99. The van der Waals surface area contributed by atoms with Gasteiger partial charge in [0.1, 0.15) is 0 Å². The highest BCUT2D eigenvalue weighted by atomic mass is 79.9. The first-order chi connectivity index (χ1) is 10.1. The highest BCUT2D eigenvalue weighted by Gasteiger charge is 2.24. The third-order valence-corrected chi connectivity index (χ3v) is 5.06. The van der Waals surface area contributed by atoms with E-state index < -0.39 is 0 Å². The van der Waals surface area contributed by atoms with Gasteiger partial charge in [-0.3, -0.25) is 0 Å². The lowest BCUT2D eigenvalue weighted by molar-refractivity contribution is 0.337. The zero-order valence-corrected chi connectivity index (χ0v) is 14.7. The maximum absolute atomic E-state index is 3.66. The molecular formula is C17H26BrN3. The Bertz CT molecular complexity index is 487. The van der Waals surface area contributed by atoms with Crippen LogP contribution in [0.25, 0.3) is 0 Å². The molecule has 1 unspecified atom stereocenters. The molecular weight excluding hydrogens is 326 g/mol. The van der Waals surface area contributed by atoms with Crippen molar-refractivity contribution in [1.82, 2.24) is 10.2 Å². The van der Waals surface area contributed by atoms with E-state index in [-0.39, 0.29) is 0 Å². The molecule has 0 amide bonds. The van der Waals surface area contributed by atoms with Gasteiger partial charge in [-0.15, -0.1) is 0 Å². The average molecular weight is 352 g/mol. The van der Waals surface area contributed by atoms with Crippen molar-refractivity contribution in [2.24, 2.45) is 0 Å². The minimum absolute atomic E-state index is 0.562. The largest absolute Gasteiger partial charge is 0.367 e. The number of benzene rings is 1. The van der Waals surface area contributed by atoms with E-state index >= 15 is 0 Å². The topological polar surface area (TPSA) is 18.5 Å². The monoisotopic (exact) mass is 351 g/mol. The van der Waals surface area contributed by atoms with Gasteiger partial charge in [0.05, 0.1) is 0 Å². The molecule has 2 fully saturated rings. The summed E-state index contributed by atoms with van der Waals surface area (Å²) in [6.45, 7) is 6.83. The standard InChI is InChI=1S/C17H26BrN3/c1-13-12-20(2)8-3-9-21(13)17-10-15(18)5-4-14(17)11-19-16-6-7-16/h4-5,10,13,16,19H,3,6-9,11-12H2,1-2H3. The van der Waals surface area contributed by atoms with Crippen LogP contribution in [-0.2, 0) is 6.54 Å². The summed E-state index contributed by atoms with van der Waals surface area (Å²) in [7, 11) is 2.23. The van der Waals surface area contributed by atoms with Crippen molar-refractivity contribution in [3.05, 3.63) is 28.2 Å². The van der Waals surface area contributed by atoms with Gasteiger partial charge in [0.25, 0.3) is 0 Å². The van der Waals surface area contributed by atoms with Gasteiger partial charge in [-0.1, -0.05) is 22.0 Å². The van der Waals surface area contributed by atoms with Gasteiger partial charge >= 0.3 is 0 Å². The van der Waals surface area contributed by atoms with Crippen LogP contribution in [0.2, 0.25) is 0 Å². The molecule has 21 heavy (non-hydrogen) atoms. The third-order valence-electron chi connectivity index (χ3n) is 4.56. The van der Waals surface area contributed by atoms with Gasteiger partial charge in [-0.05, 0) is 57.5 Å². The molecule has 3 rings (SSSR count). The van der Waals surface area contributed by atoms with Crippen molar-refractivity contribution >= 4 is 21.6 Å². The summed E-state index contributed by atoms with van der Waals surface area (Å²) in [4.78, 5) is 5.04. The van der Waals surface area contributed by atoms with E-state index in [2.05, 4.69) is 63.2 Å². The molecule has 4 heteroatoms. The number of halogens is 1. The Hall–Kier alpha value is -0.580. The Morgan fingerprint density at radius 3 is 2.86 bits per heavy atom. The molecule has 0 aromatic heterocycles. The fourth-order valence-corrected chi connectivity index (χ4v) is 3.57. The number of anilines is 1. The summed E-state index contributed by atoms with van der Waals surface area (Å²) in [5, 5.41) is 3.66. The van der Waals surface area contributed by atoms with E-state index in [0.29, 0.717) is 6.04 Å². The maximum Gasteiger partial charge on any atom is 0.0426 e. The molecule has 1 aromatic rings. The molecule has 1 atom stereocenters. The van der Waals surface area contributed by atoms with Gasteiger partial charge in [-0.2, -0.15) is 0 Å². The maximum atomic E-state index is 3.66. The van der Waals surface area contributed by atoms with Crippen molar-refractivity contribution in [2.75, 3.05) is 31.6 Å². The summed E-state index contributed by atoms with van der Waals surface area (Å²) in [6.07, 6.45) is 3.93. The van der Waals surface area contributed by atoms with Crippen LogP contribution in [0.15, 0.2) is 22.7 Å². The fraction of sp³-hybridized carbons (Fsp3) is 0.647. The van der Waals surface area contributed by atoms with Gasteiger partial charge in [0.15, 0.2) is 0 Å². The van der Waals surface area contributed by atoms with Crippen LogP contribution in [-0.4, -0.2) is 43.7 Å². The summed E-state index contributed by atoms with van der Waals surface area (Å²) in [6, 6.07) is 8.06. The second-order valence-electron chi connectivity index (χ2n) is 6.59. The Morgan fingerprint density at radius 1 is 1.29 bits per heavy atom. The molecule has 1 saturated heterocycles. The Morgan fingerprint density at radius 2 is 2.10 bits per heavy atom. The molecule has 0 radical (unpaired) electrons. The predicted octanol–water partition coefficient (Wildman–Crippen LogP) is 3.23. The molecule has 1 aromatic carbocycles. The smallest absolute Gasteiger partial charge is 0.0426 e. The van der Waals surface area contributed by atoms with Crippen molar-refractivity contribution < 1.29 is 0 Å². The lowest BCUT2D eigenvalue weighted by Crippen LogP contribution is -2.38. The van der Waals surface area contributed by atoms with Gasteiger partial charge in [0, 0.05) is 41.9 Å². The average Bonchev–Trinajstić information content (AvgIpc) is 3.26. The molecule has 1 aliphatic carbocycles. The summed E-state index contributed by atoms with van der Waals surface area (Å²) in [5.41, 5.74) is 2.84. The molecule has 1 saturated carbocycles. The Balaban J connectivity index is 1.81. The quantitative estimate of drug-likeness (QED) is 0.898. The lowest BCUT2D eigenvalue weighted by atomic mass is 10.1. The van der Waals surface area contributed by atoms with E-state index in [4.69, 9.17) is 0 Å².